The lowest BCUT2D eigenvalue weighted by atomic mass is 10.2. The number of carbonyl (C=O) groups is 2. The van der Waals surface area contributed by atoms with Crippen LogP contribution in [0.2, 0.25) is 18.1 Å². The molecule has 0 aromatic heterocycles. The normalized spacial score (nSPS) is 11.9. The first-order valence-corrected chi connectivity index (χ1v) is 9.45. The van der Waals surface area contributed by atoms with Gasteiger partial charge in [0.1, 0.15) is 5.75 Å². The Morgan fingerprint density at radius 2 is 1.55 bits per heavy atom. The van der Waals surface area contributed by atoms with Gasteiger partial charge < -0.3 is 9.16 Å². The first-order chi connectivity index (χ1) is 9.03. The van der Waals surface area contributed by atoms with Crippen LogP contribution in [-0.2, 0) is 9.22 Å². The summed E-state index contributed by atoms with van der Waals surface area (Å²) in [5, 5.41) is -0.0274. The summed E-state index contributed by atoms with van der Waals surface area (Å²) in [6, 6.07) is 6.38. The topological polar surface area (TPSA) is 52.6 Å². The Morgan fingerprint density at radius 3 is 1.95 bits per heavy atom. The zero-order valence-electron chi connectivity index (χ0n) is 12.9. The van der Waals surface area contributed by atoms with Crippen LogP contribution >= 0.6 is 0 Å². The Hall–Kier alpha value is -1.62. The van der Waals surface area contributed by atoms with Crippen molar-refractivity contribution in [1.29, 1.82) is 0 Å². The molecule has 0 atom stereocenters. The zero-order valence-corrected chi connectivity index (χ0v) is 13.9. The van der Waals surface area contributed by atoms with Crippen molar-refractivity contribution in [1.82, 2.24) is 0 Å². The molecule has 1 aromatic rings. The molecule has 4 nitrogen and oxygen atoms in total. The van der Waals surface area contributed by atoms with Gasteiger partial charge in [-0.25, -0.2) is 4.79 Å². The van der Waals surface area contributed by atoms with Gasteiger partial charge in [0.05, 0.1) is 5.56 Å². The first kappa shape index (κ1) is 16.4. The molecule has 0 bridgehead atoms. The van der Waals surface area contributed by atoms with E-state index in [1.165, 1.54) is 6.92 Å². The average Bonchev–Trinajstić information content (AvgIpc) is 2.26. The highest BCUT2D eigenvalue weighted by molar-refractivity contribution is 6.75. The standard InChI is InChI=1S/C15H22O4Si/c1-11(16)18-13-9-7-12(8-10-13)14(17)19-20(5,6)15(2,3)4/h7-10H,1-6H3. The number of rotatable bonds is 3. The molecule has 5 heteroatoms. The van der Waals surface area contributed by atoms with Crippen LogP contribution in [0.4, 0.5) is 0 Å². The summed E-state index contributed by atoms with van der Waals surface area (Å²) in [6.45, 7) is 11.6. The monoisotopic (exact) mass is 294 g/mol. The van der Waals surface area contributed by atoms with Crippen molar-refractivity contribution < 1.29 is 18.8 Å². The fourth-order valence-electron chi connectivity index (χ4n) is 1.27. The second-order valence-electron chi connectivity index (χ2n) is 6.27. The van der Waals surface area contributed by atoms with Crippen molar-refractivity contribution in [3.8, 4) is 5.75 Å². The number of carbonyl (C=O) groups excluding carboxylic acids is 2. The highest BCUT2D eigenvalue weighted by Gasteiger charge is 2.40. The van der Waals surface area contributed by atoms with Crippen molar-refractivity contribution in [2.75, 3.05) is 0 Å². The van der Waals surface area contributed by atoms with Crippen molar-refractivity contribution in [2.24, 2.45) is 0 Å². The molecule has 1 rings (SSSR count). The fraction of sp³-hybridized carbons (Fsp3) is 0.467. The van der Waals surface area contributed by atoms with E-state index in [-0.39, 0.29) is 17.0 Å². The minimum absolute atomic E-state index is 0.0274. The van der Waals surface area contributed by atoms with Crippen molar-refractivity contribution in [3.05, 3.63) is 29.8 Å². The van der Waals surface area contributed by atoms with Crippen LogP contribution < -0.4 is 4.74 Å². The number of hydrogen-bond donors (Lipinski definition) is 0. The molecule has 20 heavy (non-hydrogen) atoms. The number of hydrogen-bond acceptors (Lipinski definition) is 4. The summed E-state index contributed by atoms with van der Waals surface area (Å²) in [7, 11) is -2.13. The van der Waals surface area contributed by atoms with Gasteiger partial charge in [-0.3, -0.25) is 4.79 Å². The molecule has 0 aliphatic heterocycles. The second-order valence-corrected chi connectivity index (χ2v) is 11.0. The van der Waals surface area contributed by atoms with Gasteiger partial charge in [0, 0.05) is 6.92 Å². The maximum atomic E-state index is 12.1. The minimum atomic E-state index is -2.13. The quantitative estimate of drug-likeness (QED) is 0.484. The van der Waals surface area contributed by atoms with Crippen LogP contribution in [0.5, 0.6) is 5.75 Å². The molecule has 1 aromatic carbocycles. The molecule has 0 radical (unpaired) electrons. The van der Waals surface area contributed by atoms with E-state index in [1.54, 1.807) is 24.3 Å². The molecule has 0 amide bonds. The van der Waals surface area contributed by atoms with Gasteiger partial charge in [-0.1, -0.05) is 20.8 Å². The smallest absolute Gasteiger partial charge is 0.324 e. The summed E-state index contributed by atoms with van der Waals surface area (Å²) < 4.78 is 10.6. The first-order valence-electron chi connectivity index (χ1n) is 6.55. The van der Waals surface area contributed by atoms with Crippen LogP contribution in [0.25, 0.3) is 0 Å². The Balaban J connectivity index is 2.81. The highest BCUT2D eigenvalue weighted by Crippen LogP contribution is 2.37. The Kier molecular flexibility index (Phi) is 4.75. The summed E-state index contributed by atoms with van der Waals surface area (Å²) in [6.07, 6.45) is 0. The molecule has 0 saturated heterocycles. The third-order valence-electron chi connectivity index (χ3n) is 3.51. The molecular formula is C15H22O4Si. The van der Waals surface area contributed by atoms with Gasteiger partial charge in [0.15, 0.2) is 0 Å². The number of benzene rings is 1. The van der Waals surface area contributed by atoms with E-state index >= 15 is 0 Å². The third-order valence-corrected chi connectivity index (χ3v) is 7.81. The summed E-state index contributed by atoms with van der Waals surface area (Å²) in [5.41, 5.74) is 0.464. The van der Waals surface area contributed by atoms with E-state index in [0.717, 1.165) is 0 Å². The molecule has 0 heterocycles. The summed E-state index contributed by atoms with van der Waals surface area (Å²) in [4.78, 5) is 23.0. The van der Waals surface area contributed by atoms with Gasteiger partial charge in [0.25, 0.3) is 8.32 Å². The van der Waals surface area contributed by atoms with E-state index in [0.29, 0.717) is 11.3 Å². The minimum Gasteiger partial charge on any atom is -0.516 e. The third kappa shape index (κ3) is 4.20. The highest BCUT2D eigenvalue weighted by atomic mass is 28.4. The molecule has 0 fully saturated rings. The predicted molar refractivity (Wildman–Crippen MR) is 80.4 cm³/mol. The Morgan fingerprint density at radius 1 is 1.05 bits per heavy atom. The van der Waals surface area contributed by atoms with Crippen molar-refractivity contribution in [3.63, 3.8) is 0 Å². The van der Waals surface area contributed by atoms with Gasteiger partial charge in [-0.05, 0) is 42.4 Å². The molecule has 0 spiro atoms. The van der Waals surface area contributed by atoms with Crippen molar-refractivity contribution >= 4 is 20.3 Å². The Labute approximate surface area is 121 Å². The second kappa shape index (κ2) is 5.79. The van der Waals surface area contributed by atoms with E-state index in [4.69, 9.17) is 9.16 Å². The molecule has 0 unspecified atom stereocenters. The van der Waals surface area contributed by atoms with Crippen LogP contribution in [0.15, 0.2) is 24.3 Å². The molecule has 110 valence electrons. The molecular weight excluding hydrogens is 272 g/mol. The maximum Gasteiger partial charge on any atom is 0.324 e. The lowest BCUT2D eigenvalue weighted by molar-refractivity contribution is -0.131. The fourth-order valence-corrected chi connectivity index (χ4v) is 2.16. The van der Waals surface area contributed by atoms with Gasteiger partial charge >= 0.3 is 11.9 Å². The molecule has 0 aliphatic carbocycles. The molecule has 0 aliphatic rings. The number of ether oxygens (including phenoxy) is 1. The van der Waals surface area contributed by atoms with Crippen LogP contribution in [0.3, 0.4) is 0 Å². The zero-order chi connectivity index (χ0) is 15.6. The van der Waals surface area contributed by atoms with Gasteiger partial charge in [-0.15, -0.1) is 0 Å². The van der Waals surface area contributed by atoms with Gasteiger partial charge in [0.2, 0.25) is 0 Å². The average molecular weight is 294 g/mol. The van der Waals surface area contributed by atoms with Crippen LogP contribution in [-0.4, -0.2) is 20.3 Å². The summed E-state index contributed by atoms with van der Waals surface area (Å²) in [5.74, 6) is -0.297. The lowest BCUT2D eigenvalue weighted by Crippen LogP contribution is -2.42. The molecule has 0 saturated carbocycles. The van der Waals surface area contributed by atoms with Gasteiger partial charge in [-0.2, -0.15) is 0 Å². The Bertz CT molecular complexity index is 498. The summed E-state index contributed by atoms with van der Waals surface area (Å²) >= 11 is 0. The van der Waals surface area contributed by atoms with E-state index in [9.17, 15) is 9.59 Å². The van der Waals surface area contributed by atoms with Crippen molar-refractivity contribution in [2.45, 2.75) is 45.8 Å². The number of esters is 1. The van der Waals surface area contributed by atoms with Crippen LogP contribution in [0, 0.1) is 0 Å². The van der Waals surface area contributed by atoms with E-state index in [2.05, 4.69) is 20.8 Å². The predicted octanol–water partition coefficient (Wildman–Crippen LogP) is 3.77. The van der Waals surface area contributed by atoms with E-state index < -0.39 is 8.32 Å². The maximum absolute atomic E-state index is 12.1. The molecule has 0 N–H and O–H groups in total. The van der Waals surface area contributed by atoms with E-state index in [1.807, 2.05) is 13.1 Å². The van der Waals surface area contributed by atoms with Crippen LogP contribution in [0.1, 0.15) is 38.1 Å². The SMILES string of the molecule is CC(=O)Oc1ccc(C(=O)O[Si](C)(C)C(C)(C)C)cc1. The largest absolute Gasteiger partial charge is 0.516 e. The lowest BCUT2D eigenvalue weighted by Gasteiger charge is -2.35.